The molecule has 0 fully saturated rings. The average molecular weight is 290 g/mol. The highest BCUT2D eigenvalue weighted by atomic mass is 16.5. The molecule has 0 aliphatic carbocycles. The first-order valence-corrected chi connectivity index (χ1v) is 6.64. The van der Waals surface area contributed by atoms with Gasteiger partial charge in [-0.15, -0.1) is 4.98 Å². The third-order valence-electron chi connectivity index (χ3n) is 2.52. The van der Waals surface area contributed by atoms with Gasteiger partial charge in [0.1, 0.15) is 0 Å². The Hall–Kier alpha value is -2.57. The van der Waals surface area contributed by atoms with Gasteiger partial charge >= 0.3 is 12.0 Å². The fourth-order valence-corrected chi connectivity index (χ4v) is 1.55. The fraction of sp³-hybridized carbons (Fsp3) is 0.357. The molecule has 0 spiro atoms. The lowest BCUT2D eigenvalue weighted by Crippen LogP contribution is -2.06. The predicted octanol–water partition coefficient (Wildman–Crippen LogP) is 2.50. The summed E-state index contributed by atoms with van der Waals surface area (Å²) in [5, 5.41) is 2.85. The van der Waals surface area contributed by atoms with Gasteiger partial charge in [0.15, 0.2) is 11.5 Å². The quantitative estimate of drug-likeness (QED) is 0.839. The molecule has 0 unspecified atom stereocenters. The number of hydrogen-bond acceptors (Lipinski definition) is 7. The fourth-order valence-electron chi connectivity index (χ4n) is 1.55. The van der Waals surface area contributed by atoms with Gasteiger partial charge in [-0.05, 0) is 18.6 Å². The first-order chi connectivity index (χ1) is 10.3. The van der Waals surface area contributed by atoms with Crippen molar-refractivity contribution in [1.29, 1.82) is 0 Å². The second-order valence-corrected chi connectivity index (χ2v) is 4.08. The van der Waals surface area contributed by atoms with E-state index < -0.39 is 0 Å². The number of nitrogens with one attached hydrogen (secondary N) is 1. The Balaban J connectivity index is 2.25. The zero-order chi connectivity index (χ0) is 15.1. The van der Waals surface area contributed by atoms with Crippen molar-refractivity contribution < 1.29 is 14.2 Å². The van der Waals surface area contributed by atoms with E-state index in [1.807, 2.05) is 19.1 Å². The Labute approximate surface area is 123 Å². The molecule has 0 aliphatic rings. The summed E-state index contributed by atoms with van der Waals surface area (Å²) in [6, 6.07) is 7.63. The molecular formula is C14H18N4O3. The Kier molecular flexibility index (Phi) is 5.14. The van der Waals surface area contributed by atoms with Gasteiger partial charge in [0.2, 0.25) is 5.95 Å². The molecule has 0 bridgehead atoms. The van der Waals surface area contributed by atoms with Gasteiger partial charge in [-0.2, -0.15) is 9.97 Å². The van der Waals surface area contributed by atoms with Crippen LogP contribution in [0.15, 0.2) is 24.3 Å². The Morgan fingerprint density at radius 2 is 1.76 bits per heavy atom. The van der Waals surface area contributed by atoms with Crippen molar-refractivity contribution in [2.45, 2.75) is 13.3 Å². The molecule has 0 saturated carbocycles. The van der Waals surface area contributed by atoms with Gasteiger partial charge in [0, 0.05) is 7.05 Å². The van der Waals surface area contributed by atoms with Crippen molar-refractivity contribution in [1.82, 2.24) is 15.0 Å². The minimum absolute atomic E-state index is 0.143. The van der Waals surface area contributed by atoms with Crippen LogP contribution >= 0.6 is 0 Å². The van der Waals surface area contributed by atoms with Gasteiger partial charge in [0.05, 0.1) is 13.7 Å². The molecule has 0 radical (unpaired) electrons. The number of nitrogens with zero attached hydrogens (tertiary/aromatic N) is 3. The van der Waals surface area contributed by atoms with Crippen LogP contribution in [0.4, 0.5) is 5.95 Å². The summed E-state index contributed by atoms with van der Waals surface area (Å²) < 4.78 is 16.3. The zero-order valence-electron chi connectivity index (χ0n) is 12.3. The third kappa shape index (κ3) is 3.95. The van der Waals surface area contributed by atoms with E-state index >= 15 is 0 Å². The van der Waals surface area contributed by atoms with E-state index in [0.717, 1.165) is 6.42 Å². The Morgan fingerprint density at radius 1 is 1.05 bits per heavy atom. The van der Waals surface area contributed by atoms with E-state index in [-0.39, 0.29) is 12.0 Å². The highest BCUT2D eigenvalue weighted by molar-refractivity contribution is 5.41. The lowest BCUT2D eigenvalue weighted by molar-refractivity contribution is 0.284. The molecule has 1 heterocycles. The van der Waals surface area contributed by atoms with E-state index in [0.29, 0.717) is 24.1 Å². The maximum absolute atomic E-state index is 5.66. The Morgan fingerprint density at radius 3 is 2.43 bits per heavy atom. The molecule has 2 aromatic rings. The van der Waals surface area contributed by atoms with Crippen LogP contribution in [0.5, 0.6) is 23.5 Å². The zero-order valence-corrected chi connectivity index (χ0v) is 12.3. The smallest absolute Gasteiger partial charge is 0.330 e. The maximum Gasteiger partial charge on any atom is 0.330 e. The van der Waals surface area contributed by atoms with Gasteiger partial charge in [-0.1, -0.05) is 19.1 Å². The van der Waals surface area contributed by atoms with E-state index in [1.165, 1.54) is 0 Å². The average Bonchev–Trinajstić information content (AvgIpc) is 2.53. The molecule has 112 valence electrons. The third-order valence-corrected chi connectivity index (χ3v) is 2.52. The van der Waals surface area contributed by atoms with Gasteiger partial charge < -0.3 is 19.5 Å². The van der Waals surface area contributed by atoms with Crippen molar-refractivity contribution in [3.05, 3.63) is 24.3 Å². The lowest BCUT2D eigenvalue weighted by Gasteiger charge is -2.10. The summed E-state index contributed by atoms with van der Waals surface area (Å²) in [6.45, 7) is 2.54. The number of rotatable bonds is 7. The van der Waals surface area contributed by atoms with Crippen molar-refractivity contribution in [2.24, 2.45) is 0 Å². The molecule has 0 amide bonds. The largest absolute Gasteiger partial charge is 0.493 e. The predicted molar refractivity (Wildman–Crippen MR) is 78.2 cm³/mol. The van der Waals surface area contributed by atoms with E-state index in [2.05, 4.69) is 20.3 Å². The second-order valence-electron chi connectivity index (χ2n) is 4.08. The summed E-state index contributed by atoms with van der Waals surface area (Å²) >= 11 is 0. The van der Waals surface area contributed by atoms with Crippen molar-refractivity contribution in [2.75, 3.05) is 26.1 Å². The van der Waals surface area contributed by atoms with Crippen LogP contribution in [-0.2, 0) is 0 Å². The maximum atomic E-state index is 5.66. The van der Waals surface area contributed by atoms with Crippen LogP contribution in [0.25, 0.3) is 0 Å². The first-order valence-electron chi connectivity index (χ1n) is 6.64. The van der Waals surface area contributed by atoms with E-state index in [4.69, 9.17) is 14.2 Å². The number of aromatic nitrogens is 3. The lowest BCUT2D eigenvalue weighted by atomic mass is 10.3. The van der Waals surface area contributed by atoms with Gasteiger partial charge in [-0.3, -0.25) is 0 Å². The standard InChI is InChI=1S/C14H18N4O3/c1-4-9-20-13-16-12(15-2)17-14(18-13)21-11-8-6-5-7-10(11)19-3/h5-8H,4,9H2,1-3H3,(H,15,16,17,18). The second kappa shape index (κ2) is 7.28. The first kappa shape index (κ1) is 14.8. The minimum Gasteiger partial charge on any atom is -0.493 e. The van der Waals surface area contributed by atoms with E-state index in [9.17, 15) is 0 Å². The summed E-state index contributed by atoms with van der Waals surface area (Å²) in [6.07, 6.45) is 0.864. The molecule has 2 rings (SSSR count). The SMILES string of the molecule is CCCOc1nc(NC)nc(Oc2ccccc2OC)n1. The summed E-state index contributed by atoms with van der Waals surface area (Å²) in [5.41, 5.74) is 0. The van der Waals surface area contributed by atoms with Crippen molar-refractivity contribution in [3.63, 3.8) is 0 Å². The Bertz CT molecular complexity index is 592. The molecule has 1 aromatic carbocycles. The van der Waals surface area contributed by atoms with E-state index in [1.54, 1.807) is 26.3 Å². The van der Waals surface area contributed by atoms with Crippen LogP contribution in [0.3, 0.4) is 0 Å². The van der Waals surface area contributed by atoms with Gasteiger partial charge in [0.25, 0.3) is 0 Å². The molecule has 0 atom stereocenters. The number of ether oxygens (including phenoxy) is 3. The van der Waals surface area contributed by atoms with Crippen LogP contribution in [0.2, 0.25) is 0 Å². The van der Waals surface area contributed by atoms with Crippen molar-refractivity contribution >= 4 is 5.95 Å². The monoisotopic (exact) mass is 290 g/mol. The molecular weight excluding hydrogens is 272 g/mol. The van der Waals surface area contributed by atoms with Crippen LogP contribution in [-0.4, -0.2) is 35.7 Å². The summed E-state index contributed by atoms with van der Waals surface area (Å²) in [7, 11) is 3.29. The molecule has 1 N–H and O–H groups in total. The molecule has 1 aromatic heterocycles. The van der Waals surface area contributed by atoms with Crippen LogP contribution in [0.1, 0.15) is 13.3 Å². The molecule has 7 heteroatoms. The molecule has 7 nitrogen and oxygen atoms in total. The molecule has 0 saturated heterocycles. The number of methoxy groups -OCH3 is 1. The highest BCUT2D eigenvalue weighted by Gasteiger charge is 2.11. The topological polar surface area (TPSA) is 78.4 Å². The number of benzene rings is 1. The number of para-hydroxylation sites is 2. The highest BCUT2D eigenvalue weighted by Crippen LogP contribution is 2.29. The normalized spacial score (nSPS) is 10.0. The van der Waals surface area contributed by atoms with Crippen molar-refractivity contribution in [3.8, 4) is 23.5 Å². The van der Waals surface area contributed by atoms with Crippen LogP contribution in [0, 0.1) is 0 Å². The minimum atomic E-state index is 0.143. The summed E-state index contributed by atoms with van der Waals surface area (Å²) in [4.78, 5) is 12.4. The van der Waals surface area contributed by atoms with Gasteiger partial charge in [-0.25, -0.2) is 0 Å². The number of hydrogen-bond donors (Lipinski definition) is 1. The molecule has 0 aliphatic heterocycles. The molecule has 21 heavy (non-hydrogen) atoms. The number of anilines is 1. The van der Waals surface area contributed by atoms with Crippen LogP contribution < -0.4 is 19.5 Å². The summed E-state index contributed by atoms with van der Waals surface area (Å²) in [5.74, 6) is 1.50.